The van der Waals surface area contributed by atoms with Gasteiger partial charge in [-0.05, 0) is 37.5 Å². The third-order valence-corrected chi connectivity index (χ3v) is 3.98. The van der Waals surface area contributed by atoms with Gasteiger partial charge in [0.2, 0.25) is 10.0 Å². The van der Waals surface area contributed by atoms with Crippen molar-refractivity contribution >= 4 is 16.1 Å². The van der Waals surface area contributed by atoms with Crippen LogP contribution in [0.4, 0.5) is 4.79 Å². The average Bonchev–Trinajstić information content (AvgIpc) is 2.46. The molecule has 6 nitrogen and oxygen atoms in total. The fraction of sp³-hybridized carbons (Fsp3) is 0.400. The zero-order valence-electron chi connectivity index (χ0n) is 12.5. The quantitative estimate of drug-likeness (QED) is 0.523. The van der Waals surface area contributed by atoms with Crippen molar-refractivity contribution in [2.24, 2.45) is 5.14 Å². The highest BCUT2D eigenvalue weighted by Gasteiger charge is 2.13. The first-order valence-electron chi connectivity index (χ1n) is 6.95. The SMILES string of the molecule is C#CCCCCNC(=O)N[C@@H](C)c1cccc(S(N)(=O)=O)c1. The minimum absolute atomic E-state index is 0.0216. The van der Waals surface area contributed by atoms with Crippen molar-refractivity contribution in [1.29, 1.82) is 0 Å². The molecule has 0 aliphatic heterocycles. The number of benzene rings is 1. The lowest BCUT2D eigenvalue weighted by atomic mass is 10.1. The maximum Gasteiger partial charge on any atom is 0.315 e. The lowest BCUT2D eigenvalue weighted by Gasteiger charge is -2.15. The first-order chi connectivity index (χ1) is 10.3. The topological polar surface area (TPSA) is 101 Å². The number of nitrogens with one attached hydrogen (secondary N) is 2. The Kier molecular flexibility index (Phi) is 6.89. The third-order valence-electron chi connectivity index (χ3n) is 3.07. The minimum atomic E-state index is -3.75. The van der Waals surface area contributed by atoms with Gasteiger partial charge in [0.25, 0.3) is 0 Å². The Morgan fingerprint density at radius 1 is 1.41 bits per heavy atom. The van der Waals surface area contributed by atoms with Crippen LogP contribution in [0.15, 0.2) is 29.2 Å². The van der Waals surface area contributed by atoms with Crippen LogP contribution in [-0.2, 0) is 10.0 Å². The number of carbonyl (C=O) groups is 1. The van der Waals surface area contributed by atoms with E-state index < -0.39 is 10.0 Å². The molecule has 0 saturated carbocycles. The van der Waals surface area contributed by atoms with Gasteiger partial charge in [-0.3, -0.25) is 0 Å². The van der Waals surface area contributed by atoms with Crippen LogP contribution in [0, 0.1) is 12.3 Å². The molecule has 2 amide bonds. The normalized spacial score (nSPS) is 12.2. The largest absolute Gasteiger partial charge is 0.338 e. The summed E-state index contributed by atoms with van der Waals surface area (Å²) in [7, 11) is -3.75. The van der Waals surface area contributed by atoms with Gasteiger partial charge in [-0.25, -0.2) is 18.4 Å². The van der Waals surface area contributed by atoms with Crippen LogP contribution in [0.3, 0.4) is 0 Å². The molecule has 0 unspecified atom stereocenters. The molecule has 0 fully saturated rings. The summed E-state index contributed by atoms with van der Waals surface area (Å²) in [6.07, 6.45) is 7.51. The first kappa shape index (κ1) is 18.0. The van der Waals surface area contributed by atoms with Crippen molar-refractivity contribution in [3.8, 4) is 12.3 Å². The Morgan fingerprint density at radius 2 is 2.14 bits per heavy atom. The second kappa shape index (κ2) is 8.41. The second-order valence-corrected chi connectivity index (χ2v) is 6.46. The summed E-state index contributed by atoms with van der Waals surface area (Å²) < 4.78 is 22.6. The fourth-order valence-electron chi connectivity index (χ4n) is 1.85. The van der Waals surface area contributed by atoms with E-state index in [4.69, 9.17) is 11.6 Å². The molecular formula is C15H21N3O3S. The molecule has 0 radical (unpaired) electrons. The van der Waals surface area contributed by atoms with E-state index in [1.54, 1.807) is 19.1 Å². The summed E-state index contributed by atoms with van der Waals surface area (Å²) in [6.45, 7) is 2.30. The van der Waals surface area contributed by atoms with Crippen molar-refractivity contribution in [2.75, 3.05) is 6.54 Å². The van der Waals surface area contributed by atoms with Crippen molar-refractivity contribution in [1.82, 2.24) is 10.6 Å². The third kappa shape index (κ3) is 6.16. The number of urea groups is 1. The number of hydrogen-bond donors (Lipinski definition) is 3. The lowest BCUT2D eigenvalue weighted by molar-refractivity contribution is 0.237. The van der Waals surface area contributed by atoms with Crippen molar-refractivity contribution < 1.29 is 13.2 Å². The van der Waals surface area contributed by atoms with Gasteiger partial charge in [0.05, 0.1) is 10.9 Å². The minimum Gasteiger partial charge on any atom is -0.338 e. The molecule has 0 aromatic heterocycles. The van der Waals surface area contributed by atoms with E-state index in [0.717, 1.165) is 12.8 Å². The summed E-state index contributed by atoms with van der Waals surface area (Å²) in [4.78, 5) is 11.8. The Balaban J connectivity index is 2.53. The molecule has 1 rings (SSSR count). The number of amides is 2. The molecule has 120 valence electrons. The monoisotopic (exact) mass is 323 g/mol. The van der Waals surface area contributed by atoms with Gasteiger partial charge in [-0.1, -0.05) is 12.1 Å². The van der Waals surface area contributed by atoms with Crippen LogP contribution >= 0.6 is 0 Å². The maximum absolute atomic E-state index is 11.7. The van der Waals surface area contributed by atoms with E-state index in [1.807, 2.05) is 0 Å². The van der Waals surface area contributed by atoms with E-state index >= 15 is 0 Å². The number of hydrogen-bond acceptors (Lipinski definition) is 3. The highest BCUT2D eigenvalue weighted by atomic mass is 32.2. The second-order valence-electron chi connectivity index (χ2n) is 4.90. The van der Waals surface area contributed by atoms with Gasteiger partial charge in [0.15, 0.2) is 0 Å². The zero-order chi connectivity index (χ0) is 16.6. The van der Waals surface area contributed by atoms with Gasteiger partial charge in [0, 0.05) is 13.0 Å². The van der Waals surface area contributed by atoms with Crippen molar-refractivity contribution in [2.45, 2.75) is 37.1 Å². The summed E-state index contributed by atoms with van der Waals surface area (Å²) in [5.41, 5.74) is 0.661. The van der Waals surface area contributed by atoms with Gasteiger partial charge in [-0.15, -0.1) is 12.3 Å². The molecule has 1 aromatic carbocycles. The maximum atomic E-state index is 11.7. The Hall–Kier alpha value is -2.04. The number of sulfonamides is 1. The molecule has 0 spiro atoms. The number of rotatable bonds is 7. The van der Waals surface area contributed by atoms with E-state index in [-0.39, 0.29) is 17.0 Å². The number of carbonyl (C=O) groups excluding carboxylic acids is 1. The molecule has 0 heterocycles. The highest BCUT2D eigenvalue weighted by Crippen LogP contribution is 2.16. The molecule has 0 bridgehead atoms. The van der Waals surface area contributed by atoms with Crippen molar-refractivity contribution in [3.63, 3.8) is 0 Å². The number of unbranched alkanes of at least 4 members (excludes halogenated alkanes) is 2. The van der Waals surface area contributed by atoms with Crippen LogP contribution in [0.2, 0.25) is 0 Å². The van der Waals surface area contributed by atoms with E-state index in [2.05, 4.69) is 16.6 Å². The fourth-order valence-corrected chi connectivity index (χ4v) is 2.41. The summed E-state index contributed by atoms with van der Waals surface area (Å²) >= 11 is 0. The Labute approximate surface area is 131 Å². The van der Waals surface area contributed by atoms with Crippen LogP contribution in [0.1, 0.15) is 37.8 Å². The van der Waals surface area contributed by atoms with Gasteiger partial charge < -0.3 is 10.6 Å². The van der Waals surface area contributed by atoms with Gasteiger partial charge in [-0.2, -0.15) is 0 Å². The van der Waals surface area contributed by atoms with Gasteiger partial charge >= 0.3 is 6.03 Å². The smallest absolute Gasteiger partial charge is 0.315 e. The summed E-state index contributed by atoms with van der Waals surface area (Å²) in [6, 6.07) is 5.53. The lowest BCUT2D eigenvalue weighted by Crippen LogP contribution is -2.37. The van der Waals surface area contributed by atoms with Crippen LogP contribution in [0.25, 0.3) is 0 Å². The molecule has 22 heavy (non-hydrogen) atoms. The predicted molar refractivity (Wildman–Crippen MR) is 85.4 cm³/mol. The summed E-state index contributed by atoms with van der Waals surface area (Å²) in [5.74, 6) is 2.54. The van der Waals surface area contributed by atoms with Crippen LogP contribution in [-0.4, -0.2) is 21.0 Å². The van der Waals surface area contributed by atoms with Gasteiger partial charge in [0.1, 0.15) is 0 Å². The standard InChI is InChI=1S/C15H21N3O3S/c1-3-4-5-6-10-17-15(19)18-12(2)13-8-7-9-14(11-13)22(16,20)21/h1,7-9,11-12H,4-6,10H2,2H3,(H2,16,20,21)(H2,17,18,19)/t12-/m0/s1. The highest BCUT2D eigenvalue weighted by molar-refractivity contribution is 7.89. The molecule has 0 aliphatic rings. The Bertz CT molecular complexity index is 650. The number of nitrogens with two attached hydrogens (primary N) is 1. The van der Waals surface area contributed by atoms with E-state index in [0.29, 0.717) is 18.5 Å². The molecule has 7 heteroatoms. The Morgan fingerprint density at radius 3 is 2.77 bits per heavy atom. The zero-order valence-corrected chi connectivity index (χ0v) is 13.3. The van der Waals surface area contributed by atoms with Crippen LogP contribution in [0.5, 0.6) is 0 Å². The molecule has 1 atom stereocenters. The molecule has 0 saturated heterocycles. The van der Waals surface area contributed by atoms with Crippen molar-refractivity contribution in [3.05, 3.63) is 29.8 Å². The first-order valence-corrected chi connectivity index (χ1v) is 8.50. The molecular weight excluding hydrogens is 302 g/mol. The van der Waals surface area contributed by atoms with E-state index in [9.17, 15) is 13.2 Å². The van der Waals surface area contributed by atoms with Crippen LogP contribution < -0.4 is 15.8 Å². The number of primary sulfonamides is 1. The van der Waals surface area contributed by atoms with E-state index in [1.165, 1.54) is 12.1 Å². The molecule has 0 aliphatic carbocycles. The number of terminal acetylenes is 1. The molecule has 1 aromatic rings. The summed E-state index contributed by atoms with van der Waals surface area (Å²) in [5, 5.41) is 10.6. The average molecular weight is 323 g/mol. The molecule has 4 N–H and O–H groups in total. The predicted octanol–water partition coefficient (Wildman–Crippen LogP) is 1.50.